The summed E-state index contributed by atoms with van der Waals surface area (Å²) in [6, 6.07) is 1.38. The number of nitrogens with one attached hydrogen (secondary N) is 1. The summed E-state index contributed by atoms with van der Waals surface area (Å²) in [6.45, 7) is 15.9. The number of hydrogen-bond acceptors (Lipinski definition) is 7. The number of alkyl carbamates (subject to hydrolysis) is 1. The van der Waals surface area contributed by atoms with Crippen LogP contribution in [0.5, 0.6) is 0 Å². The lowest BCUT2D eigenvalue weighted by molar-refractivity contribution is -0.170. The number of pyridine rings is 1. The van der Waals surface area contributed by atoms with Crippen LogP contribution in [0.25, 0.3) is 0 Å². The molecule has 1 N–H and O–H groups in total. The Kier molecular flexibility index (Phi) is 9.27. The zero-order valence-electron chi connectivity index (χ0n) is 23.9. The molecule has 3 rings (SSSR count). The van der Waals surface area contributed by atoms with Crippen molar-refractivity contribution in [1.82, 2.24) is 10.3 Å². The summed E-state index contributed by atoms with van der Waals surface area (Å²) in [6.07, 6.45) is 6.82. The predicted octanol–water partition coefficient (Wildman–Crippen LogP) is 5.29. The summed E-state index contributed by atoms with van der Waals surface area (Å²) in [4.78, 5) is 31.2. The number of carbonyl (C=O) groups is 2. The molecule has 37 heavy (non-hydrogen) atoms. The fourth-order valence-electron chi connectivity index (χ4n) is 5.21. The van der Waals surface area contributed by atoms with Crippen LogP contribution >= 0.6 is 0 Å². The van der Waals surface area contributed by atoms with Crippen LogP contribution in [0.15, 0.2) is 12.3 Å². The molecule has 208 valence electrons. The largest absolute Gasteiger partial charge is 0.444 e. The van der Waals surface area contributed by atoms with E-state index >= 15 is 0 Å². The predicted molar refractivity (Wildman–Crippen MR) is 141 cm³/mol. The van der Waals surface area contributed by atoms with Crippen LogP contribution in [-0.2, 0) is 43.0 Å². The van der Waals surface area contributed by atoms with Crippen molar-refractivity contribution in [2.24, 2.45) is 5.92 Å². The highest BCUT2D eigenvalue weighted by Crippen LogP contribution is 2.40. The number of ether oxygens (including phenoxy) is 4. The molecule has 8 heteroatoms. The first-order valence-electron chi connectivity index (χ1n) is 13.7. The Hall–Kier alpha value is -2.19. The molecular weight excluding hydrogens is 472 g/mol. The Morgan fingerprint density at radius 3 is 2.62 bits per heavy atom. The van der Waals surface area contributed by atoms with E-state index in [9.17, 15) is 9.59 Å². The van der Waals surface area contributed by atoms with Gasteiger partial charge < -0.3 is 24.3 Å². The number of unbranched alkanes of at least 4 members (excludes halogenated alkanes) is 1. The maximum Gasteiger partial charge on any atom is 0.407 e. The first kappa shape index (κ1) is 29.4. The molecule has 1 aromatic rings. The Balaban J connectivity index is 1.94. The van der Waals surface area contributed by atoms with Gasteiger partial charge in [-0.15, -0.1) is 0 Å². The smallest absolute Gasteiger partial charge is 0.407 e. The van der Waals surface area contributed by atoms with Crippen molar-refractivity contribution in [3.8, 4) is 0 Å². The Labute approximate surface area is 222 Å². The molecule has 0 aromatic carbocycles. The minimum atomic E-state index is -1.43. The Morgan fingerprint density at radius 1 is 1.30 bits per heavy atom. The zero-order valence-corrected chi connectivity index (χ0v) is 23.9. The molecule has 1 aliphatic carbocycles. The first-order chi connectivity index (χ1) is 17.2. The molecule has 1 saturated heterocycles. The zero-order chi connectivity index (χ0) is 27.4. The second-order valence-corrected chi connectivity index (χ2v) is 12.3. The van der Waals surface area contributed by atoms with Crippen LogP contribution in [0.2, 0.25) is 0 Å². The molecule has 1 aliphatic heterocycles. The highest BCUT2D eigenvalue weighted by atomic mass is 16.8. The summed E-state index contributed by atoms with van der Waals surface area (Å²) >= 11 is 0. The fraction of sp³-hybridized carbons (Fsp3) is 0.759. The van der Waals surface area contributed by atoms with Crippen molar-refractivity contribution in [1.29, 1.82) is 0 Å². The molecule has 1 amide bonds. The van der Waals surface area contributed by atoms with E-state index in [1.165, 1.54) is 5.56 Å². The van der Waals surface area contributed by atoms with Gasteiger partial charge in [-0.25, -0.2) is 9.59 Å². The normalized spacial score (nSPS) is 23.9. The molecule has 2 heterocycles. The molecule has 0 radical (unpaired) electrons. The van der Waals surface area contributed by atoms with Gasteiger partial charge in [0, 0.05) is 38.8 Å². The van der Waals surface area contributed by atoms with Gasteiger partial charge in [0.25, 0.3) is 0 Å². The Bertz CT molecular complexity index is 954. The standard InChI is InChI=1S/C29H46N2O6/c1-9-10-15-34-21-11-12-22-20(17-21)13-14-30-23(22)18-29(25(32)35-28(7,8)37-29)24(16-19(2)3)31-26(33)36-27(4,5)6/h13-14,19,21,24H,9-12,15-18H2,1-8H3,(H,31,33)/t21?,24-,29+/m0/s1. The lowest BCUT2D eigenvalue weighted by Crippen LogP contribution is -2.59. The van der Waals surface area contributed by atoms with Crippen molar-refractivity contribution in [3.63, 3.8) is 0 Å². The van der Waals surface area contributed by atoms with Crippen molar-refractivity contribution < 1.29 is 28.5 Å². The lowest BCUT2D eigenvalue weighted by atomic mass is 9.80. The minimum Gasteiger partial charge on any atom is -0.444 e. The highest BCUT2D eigenvalue weighted by Gasteiger charge is 2.59. The maximum atomic E-state index is 13.6. The van der Waals surface area contributed by atoms with Crippen LogP contribution < -0.4 is 5.32 Å². The lowest BCUT2D eigenvalue weighted by Gasteiger charge is -2.37. The molecule has 8 nitrogen and oxygen atoms in total. The molecular formula is C29H46N2O6. The number of aromatic nitrogens is 1. The van der Waals surface area contributed by atoms with Gasteiger partial charge in [-0.05, 0) is 76.0 Å². The van der Waals surface area contributed by atoms with Gasteiger partial charge in [-0.3, -0.25) is 4.98 Å². The van der Waals surface area contributed by atoms with Gasteiger partial charge >= 0.3 is 12.1 Å². The summed E-state index contributed by atoms with van der Waals surface area (Å²) in [7, 11) is 0. The molecule has 1 aromatic heterocycles. The topological polar surface area (TPSA) is 96.0 Å². The molecule has 1 fully saturated rings. The number of carbonyl (C=O) groups excluding carboxylic acids is 2. The van der Waals surface area contributed by atoms with Gasteiger partial charge in [-0.2, -0.15) is 0 Å². The minimum absolute atomic E-state index is 0.176. The van der Waals surface area contributed by atoms with Crippen LogP contribution in [0, 0.1) is 5.92 Å². The average molecular weight is 519 g/mol. The van der Waals surface area contributed by atoms with Crippen LogP contribution in [0.3, 0.4) is 0 Å². The van der Waals surface area contributed by atoms with Crippen molar-refractivity contribution in [3.05, 3.63) is 29.1 Å². The summed E-state index contributed by atoms with van der Waals surface area (Å²) in [5.41, 5.74) is 1.03. The van der Waals surface area contributed by atoms with E-state index < -0.39 is 35.1 Å². The third-order valence-electron chi connectivity index (χ3n) is 6.76. The summed E-state index contributed by atoms with van der Waals surface area (Å²) in [5, 5.41) is 2.96. The molecule has 2 aliphatic rings. The van der Waals surface area contributed by atoms with E-state index in [0.717, 1.165) is 50.0 Å². The molecule has 0 saturated carbocycles. The molecule has 3 atom stereocenters. The number of amides is 1. The fourth-order valence-corrected chi connectivity index (χ4v) is 5.21. The highest BCUT2D eigenvalue weighted by molar-refractivity contribution is 5.84. The second-order valence-electron chi connectivity index (χ2n) is 12.3. The van der Waals surface area contributed by atoms with Gasteiger partial charge in [0.15, 0.2) is 5.60 Å². The Morgan fingerprint density at radius 2 is 2.03 bits per heavy atom. The van der Waals surface area contributed by atoms with Crippen molar-refractivity contribution >= 4 is 12.1 Å². The third-order valence-corrected chi connectivity index (χ3v) is 6.76. The van der Waals surface area contributed by atoms with Crippen LogP contribution in [0.4, 0.5) is 4.79 Å². The van der Waals surface area contributed by atoms with E-state index in [0.29, 0.717) is 6.42 Å². The number of esters is 1. The number of hydrogen-bond donors (Lipinski definition) is 1. The molecule has 0 spiro atoms. The third kappa shape index (κ3) is 7.66. The van der Waals surface area contributed by atoms with Gasteiger partial charge in [0.2, 0.25) is 5.79 Å². The SMILES string of the molecule is CCCCOC1CCc2c(ccnc2C[C@]2([C@H](CC(C)C)NC(=O)OC(C)(C)C)OC(C)(C)OC2=O)C1. The number of rotatable bonds is 10. The summed E-state index contributed by atoms with van der Waals surface area (Å²) < 4.78 is 23.8. The van der Waals surface area contributed by atoms with E-state index in [4.69, 9.17) is 23.9 Å². The quantitative estimate of drug-likeness (QED) is 0.332. The van der Waals surface area contributed by atoms with E-state index in [1.807, 2.05) is 40.7 Å². The van der Waals surface area contributed by atoms with Crippen molar-refractivity contribution in [2.45, 2.75) is 129 Å². The molecule has 1 unspecified atom stereocenters. The number of fused-ring (bicyclic) bond motifs is 1. The monoisotopic (exact) mass is 518 g/mol. The van der Waals surface area contributed by atoms with Crippen LogP contribution in [0.1, 0.15) is 97.9 Å². The van der Waals surface area contributed by atoms with E-state index in [-0.39, 0.29) is 18.4 Å². The van der Waals surface area contributed by atoms with Gasteiger partial charge in [0.05, 0.1) is 12.1 Å². The molecule has 0 bridgehead atoms. The van der Waals surface area contributed by atoms with Crippen molar-refractivity contribution in [2.75, 3.05) is 6.61 Å². The summed E-state index contributed by atoms with van der Waals surface area (Å²) in [5.74, 6) is -1.44. The number of cyclic esters (lactones) is 1. The van der Waals surface area contributed by atoms with Gasteiger partial charge in [0.1, 0.15) is 5.60 Å². The number of nitrogens with zero attached hydrogens (tertiary/aromatic N) is 1. The van der Waals surface area contributed by atoms with E-state index in [1.54, 1.807) is 20.0 Å². The maximum absolute atomic E-state index is 13.6. The van der Waals surface area contributed by atoms with Crippen LogP contribution in [-0.4, -0.2) is 52.8 Å². The van der Waals surface area contributed by atoms with Gasteiger partial charge in [-0.1, -0.05) is 27.2 Å². The average Bonchev–Trinajstić information content (AvgIpc) is 3.00. The second kappa shape index (κ2) is 11.7. The first-order valence-corrected chi connectivity index (χ1v) is 13.7. The van der Waals surface area contributed by atoms with E-state index in [2.05, 4.69) is 12.2 Å².